The number of nitrogens with zero attached hydrogens (tertiary/aromatic N) is 2. The van der Waals surface area contributed by atoms with Crippen molar-refractivity contribution in [1.82, 2.24) is 9.80 Å². The number of benzene rings is 1. The van der Waals surface area contributed by atoms with Crippen LogP contribution in [-0.4, -0.2) is 55.5 Å². The molecule has 0 aliphatic carbocycles. The molecular formula is C13H17Cl2N3O. The highest BCUT2D eigenvalue weighted by atomic mass is 35.5. The van der Waals surface area contributed by atoms with Crippen LogP contribution in [0.4, 0.5) is 5.69 Å². The quantitative estimate of drug-likeness (QED) is 0.929. The summed E-state index contributed by atoms with van der Waals surface area (Å²) in [6.07, 6.45) is 0. The molecule has 1 saturated heterocycles. The van der Waals surface area contributed by atoms with Crippen LogP contribution in [-0.2, 0) is 4.79 Å². The molecule has 0 aromatic heterocycles. The van der Waals surface area contributed by atoms with Crippen LogP contribution in [0.15, 0.2) is 18.2 Å². The standard InChI is InChI=1S/C13H17Cl2N3O/c1-17-2-4-18(5-3-17)9-13(19)16-12-7-10(14)6-11(15)8-12/h6-8H,2-5,9H2,1H3,(H,16,19). The van der Waals surface area contributed by atoms with Gasteiger partial charge in [0.1, 0.15) is 0 Å². The molecule has 0 spiro atoms. The number of hydrogen-bond donors (Lipinski definition) is 1. The molecule has 0 unspecified atom stereocenters. The molecule has 19 heavy (non-hydrogen) atoms. The Hall–Kier alpha value is -0.810. The van der Waals surface area contributed by atoms with Gasteiger partial charge in [0.2, 0.25) is 5.91 Å². The number of likely N-dealkylation sites (N-methyl/N-ethyl adjacent to an activating group) is 1. The molecule has 0 saturated carbocycles. The number of piperazine rings is 1. The summed E-state index contributed by atoms with van der Waals surface area (Å²) in [7, 11) is 2.09. The number of nitrogens with one attached hydrogen (secondary N) is 1. The molecule has 1 aromatic carbocycles. The van der Waals surface area contributed by atoms with Crippen molar-refractivity contribution in [3.8, 4) is 0 Å². The van der Waals surface area contributed by atoms with Gasteiger partial charge in [0.05, 0.1) is 6.54 Å². The van der Waals surface area contributed by atoms with E-state index in [1.165, 1.54) is 0 Å². The molecule has 4 nitrogen and oxygen atoms in total. The average molecular weight is 302 g/mol. The van der Waals surface area contributed by atoms with Gasteiger partial charge in [-0.05, 0) is 25.2 Å². The number of hydrogen-bond acceptors (Lipinski definition) is 3. The molecule has 1 fully saturated rings. The van der Waals surface area contributed by atoms with E-state index < -0.39 is 0 Å². The maximum absolute atomic E-state index is 11.9. The van der Waals surface area contributed by atoms with Crippen LogP contribution < -0.4 is 5.32 Å². The van der Waals surface area contributed by atoms with Crippen LogP contribution >= 0.6 is 23.2 Å². The maximum atomic E-state index is 11.9. The molecule has 1 heterocycles. The zero-order chi connectivity index (χ0) is 13.8. The molecule has 1 amide bonds. The van der Waals surface area contributed by atoms with Crippen molar-refractivity contribution >= 4 is 34.8 Å². The van der Waals surface area contributed by atoms with Gasteiger partial charge in [0, 0.05) is 41.9 Å². The zero-order valence-electron chi connectivity index (χ0n) is 10.8. The third-order valence-corrected chi connectivity index (χ3v) is 3.55. The summed E-state index contributed by atoms with van der Waals surface area (Å²) < 4.78 is 0. The predicted molar refractivity (Wildman–Crippen MR) is 79.0 cm³/mol. The maximum Gasteiger partial charge on any atom is 0.238 e. The van der Waals surface area contributed by atoms with Crippen LogP contribution in [0.1, 0.15) is 0 Å². The first-order valence-corrected chi connectivity index (χ1v) is 6.95. The molecule has 0 bridgehead atoms. The molecule has 0 atom stereocenters. The van der Waals surface area contributed by atoms with Crippen LogP contribution in [0.25, 0.3) is 0 Å². The lowest BCUT2D eigenvalue weighted by Crippen LogP contribution is -2.47. The fourth-order valence-corrected chi connectivity index (χ4v) is 2.56. The highest BCUT2D eigenvalue weighted by Gasteiger charge is 2.16. The summed E-state index contributed by atoms with van der Waals surface area (Å²) in [5.41, 5.74) is 0.636. The van der Waals surface area contributed by atoms with Crippen molar-refractivity contribution in [1.29, 1.82) is 0 Å². The van der Waals surface area contributed by atoms with Gasteiger partial charge in [-0.15, -0.1) is 0 Å². The van der Waals surface area contributed by atoms with Crippen LogP contribution in [0, 0.1) is 0 Å². The van der Waals surface area contributed by atoms with E-state index in [2.05, 4.69) is 22.2 Å². The lowest BCUT2D eigenvalue weighted by molar-refractivity contribution is -0.117. The Bertz CT molecular complexity index is 439. The average Bonchev–Trinajstić information content (AvgIpc) is 2.30. The molecule has 1 aromatic rings. The van der Waals surface area contributed by atoms with E-state index in [-0.39, 0.29) is 5.91 Å². The van der Waals surface area contributed by atoms with Gasteiger partial charge in [0.25, 0.3) is 0 Å². The zero-order valence-corrected chi connectivity index (χ0v) is 12.3. The van der Waals surface area contributed by atoms with Gasteiger partial charge in [-0.2, -0.15) is 0 Å². The summed E-state index contributed by atoms with van der Waals surface area (Å²) in [5, 5.41) is 3.85. The number of carbonyl (C=O) groups excluding carboxylic acids is 1. The molecule has 1 aliphatic heterocycles. The number of halogens is 2. The Morgan fingerprint density at radius 1 is 1.16 bits per heavy atom. The summed E-state index contributed by atoms with van der Waals surface area (Å²) >= 11 is 11.8. The number of carbonyl (C=O) groups is 1. The smallest absolute Gasteiger partial charge is 0.238 e. The Morgan fingerprint density at radius 2 is 1.74 bits per heavy atom. The van der Waals surface area contributed by atoms with E-state index in [1.54, 1.807) is 18.2 Å². The summed E-state index contributed by atoms with van der Waals surface area (Å²) in [6.45, 7) is 4.23. The first kappa shape index (κ1) is 14.6. The minimum absolute atomic E-state index is 0.0390. The van der Waals surface area contributed by atoms with Gasteiger partial charge in [-0.1, -0.05) is 23.2 Å². The second-order valence-corrected chi connectivity index (χ2v) is 5.66. The van der Waals surface area contributed by atoms with Crippen molar-refractivity contribution in [3.63, 3.8) is 0 Å². The third kappa shape index (κ3) is 4.66. The molecule has 2 rings (SSSR count). The summed E-state index contributed by atoms with van der Waals surface area (Å²) in [5.74, 6) is -0.0390. The van der Waals surface area contributed by atoms with Crippen molar-refractivity contribution in [2.45, 2.75) is 0 Å². The first-order valence-electron chi connectivity index (χ1n) is 6.20. The fourth-order valence-electron chi connectivity index (χ4n) is 2.04. The molecule has 1 N–H and O–H groups in total. The third-order valence-electron chi connectivity index (χ3n) is 3.11. The number of rotatable bonds is 3. The molecule has 0 radical (unpaired) electrons. The van der Waals surface area contributed by atoms with Gasteiger partial charge in [-0.25, -0.2) is 0 Å². The van der Waals surface area contributed by atoms with Crippen LogP contribution in [0.3, 0.4) is 0 Å². The van der Waals surface area contributed by atoms with E-state index in [9.17, 15) is 4.79 Å². The Balaban J connectivity index is 1.87. The van der Waals surface area contributed by atoms with E-state index >= 15 is 0 Å². The van der Waals surface area contributed by atoms with E-state index in [4.69, 9.17) is 23.2 Å². The second kappa shape index (κ2) is 6.57. The number of amides is 1. The lowest BCUT2D eigenvalue weighted by atomic mass is 10.3. The van der Waals surface area contributed by atoms with Crippen molar-refractivity contribution in [2.24, 2.45) is 0 Å². The Morgan fingerprint density at radius 3 is 2.32 bits per heavy atom. The monoisotopic (exact) mass is 301 g/mol. The van der Waals surface area contributed by atoms with E-state index in [1.807, 2.05) is 0 Å². The number of anilines is 1. The lowest BCUT2D eigenvalue weighted by Gasteiger charge is -2.31. The molecular weight excluding hydrogens is 285 g/mol. The van der Waals surface area contributed by atoms with Crippen LogP contribution in [0.2, 0.25) is 10.0 Å². The first-order chi connectivity index (χ1) is 9.02. The normalized spacial score (nSPS) is 17.4. The SMILES string of the molecule is CN1CCN(CC(=O)Nc2cc(Cl)cc(Cl)c2)CC1. The minimum atomic E-state index is -0.0390. The molecule has 1 aliphatic rings. The summed E-state index contributed by atoms with van der Waals surface area (Å²) in [4.78, 5) is 16.3. The summed E-state index contributed by atoms with van der Waals surface area (Å²) in [6, 6.07) is 5.02. The largest absolute Gasteiger partial charge is 0.325 e. The van der Waals surface area contributed by atoms with E-state index in [0.29, 0.717) is 22.3 Å². The van der Waals surface area contributed by atoms with Gasteiger partial charge in [-0.3, -0.25) is 9.69 Å². The van der Waals surface area contributed by atoms with Crippen molar-refractivity contribution in [2.75, 3.05) is 45.1 Å². The van der Waals surface area contributed by atoms with E-state index in [0.717, 1.165) is 26.2 Å². The molecule has 6 heteroatoms. The molecule has 104 valence electrons. The van der Waals surface area contributed by atoms with Gasteiger partial charge in [0.15, 0.2) is 0 Å². The van der Waals surface area contributed by atoms with Gasteiger partial charge < -0.3 is 10.2 Å². The van der Waals surface area contributed by atoms with Gasteiger partial charge >= 0.3 is 0 Å². The topological polar surface area (TPSA) is 35.6 Å². The highest BCUT2D eigenvalue weighted by molar-refractivity contribution is 6.35. The minimum Gasteiger partial charge on any atom is -0.325 e. The Labute approximate surface area is 123 Å². The predicted octanol–water partition coefficient (Wildman–Crippen LogP) is 2.18. The van der Waals surface area contributed by atoms with Crippen molar-refractivity contribution < 1.29 is 4.79 Å². The van der Waals surface area contributed by atoms with Crippen LogP contribution in [0.5, 0.6) is 0 Å². The highest BCUT2D eigenvalue weighted by Crippen LogP contribution is 2.22. The van der Waals surface area contributed by atoms with Crippen molar-refractivity contribution in [3.05, 3.63) is 28.2 Å². The fraction of sp³-hybridized carbons (Fsp3) is 0.462. The second-order valence-electron chi connectivity index (χ2n) is 4.79. The Kier molecular flexibility index (Phi) is 5.05.